The average Bonchev–Trinajstić information content (AvgIpc) is 2.54. The molecule has 2 rings (SSSR count). The fraction of sp³-hybridized carbons (Fsp3) is 0.278. The van der Waals surface area contributed by atoms with Gasteiger partial charge in [-0.05, 0) is 42.7 Å². The molecule has 1 unspecified atom stereocenters. The number of guanidine groups is 1. The Labute approximate surface area is 159 Å². The van der Waals surface area contributed by atoms with Crippen molar-refractivity contribution in [3.05, 3.63) is 65.0 Å². The predicted molar refractivity (Wildman–Crippen MR) is 106 cm³/mol. The van der Waals surface area contributed by atoms with Crippen molar-refractivity contribution in [2.45, 2.75) is 26.4 Å². The summed E-state index contributed by atoms with van der Waals surface area (Å²) in [4.78, 5) is 4.19. The number of phenolic OH excluding ortho intramolecular Hbond substituents is 1. The first-order valence-electron chi connectivity index (χ1n) is 7.51. The minimum Gasteiger partial charge on any atom is -0.505 e. The highest BCUT2D eigenvalue weighted by atomic mass is 127. The molecule has 0 amide bonds. The van der Waals surface area contributed by atoms with E-state index in [1.54, 1.807) is 13.1 Å². The van der Waals surface area contributed by atoms with Crippen LogP contribution in [-0.4, -0.2) is 18.1 Å². The lowest BCUT2D eigenvalue weighted by Crippen LogP contribution is -2.38. The summed E-state index contributed by atoms with van der Waals surface area (Å²) in [7, 11) is 1.69. The van der Waals surface area contributed by atoms with Crippen LogP contribution in [0.1, 0.15) is 29.7 Å². The zero-order valence-corrected chi connectivity index (χ0v) is 16.3. The SMILES string of the molecule is CN=C(NCc1ccc(O)c(F)c1)NC(C)c1ccccc1C.I. The molecule has 0 spiro atoms. The molecule has 2 aromatic rings. The summed E-state index contributed by atoms with van der Waals surface area (Å²) in [6.07, 6.45) is 0. The van der Waals surface area contributed by atoms with Crippen molar-refractivity contribution in [3.63, 3.8) is 0 Å². The zero-order valence-electron chi connectivity index (χ0n) is 14.0. The number of nitrogens with one attached hydrogen (secondary N) is 2. The van der Waals surface area contributed by atoms with Crippen molar-refractivity contribution < 1.29 is 9.50 Å². The number of phenols is 1. The number of aliphatic imine (C=N–C) groups is 1. The molecule has 0 fully saturated rings. The number of hydrogen-bond donors (Lipinski definition) is 3. The molecule has 130 valence electrons. The molecule has 0 aromatic heterocycles. The molecule has 0 aliphatic carbocycles. The molecule has 24 heavy (non-hydrogen) atoms. The maximum Gasteiger partial charge on any atom is 0.191 e. The van der Waals surface area contributed by atoms with E-state index >= 15 is 0 Å². The molecule has 0 aliphatic rings. The van der Waals surface area contributed by atoms with E-state index in [0.717, 1.165) is 5.56 Å². The van der Waals surface area contributed by atoms with Crippen LogP contribution in [-0.2, 0) is 6.54 Å². The minimum atomic E-state index is -0.625. The van der Waals surface area contributed by atoms with E-state index in [1.807, 2.05) is 12.1 Å². The molecule has 2 aromatic carbocycles. The van der Waals surface area contributed by atoms with Crippen molar-refractivity contribution in [1.29, 1.82) is 0 Å². The summed E-state index contributed by atoms with van der Waals surface area (Å²) in [5.41, 5.74) is 3.14. The van der Waals surface area contributed by atoms with Crippen molar-refractivity contribution in [3.8, 4) is 5.75 Å². The Morgan fingerprint density at radius 2 is 1.96 bits per heavy atom. The van der Waals surface area contributed by atoms with Crippen LogP contribution >= 0.6 is 24.0 Å². The van der Waals surface area contributed by atoms with Gasteiger partial charge >= 0.3 is 0 Å². The average molecular weight is 443 g/mol. The van der Waals surface area contributed by atoms with Gasteiger partial charge in [-0.2, -0.15) is 0 Å². The Morgan fingerprint density at radius 3 is 2.58 bits per heavy atom. The molecule has 0 saturated carbocycles. The highest BCUT2D eigenvalue weighted by Gasteiger charge is 2.10. The lowest BCUT2D eigenvalue weighted by Gasteiger charge is -2.20. The first kappa shape index (κ1) is 20.2. The van der Waals surface area contributed by atoms with Crippen molar-refractivity contribution in [2.24, 2.45) is 4.99 Å². The number of halogens is 2. The van der Waals surface area contributed by atoms with Crippen LogP contribution in [0, 0.1) is 12.7 Å². The molecule has 3 N–H and O–H groups in total. The number of rotatable bonds is 4. The second kappa shape index (κ2) is 9.46. The molecule has 0 bridgehead atoms. The van der Waals surface area contributed by atoms with Crippen molar-refractivity contribution in [2.75, 3.05) is 7.05 Å². The van der Waals surface area contributed by atoms with Gasteiger partial charge in [0.05, 0.1) is 6.04 Å². The van der Waals surface area contributed by atoms with Gasteiger partial charge in [0.2, 0.25) is 0 Å². The fourth-order valence-electron chi connectivity index (χ4n) is 2.40. The van der Waals surface area contributed by atoms with E-state index in [-0.39, 0.29) is 35.8 Å². The molecule has 6 heteroatoms. The van der Waals surface area contributed by atoms with Crippen molar-refractivity contribution >= 4 is 29.9 Å². The second-order valence-electron chi connectivity index (χ2n) is 5.43. The Bertz CT molecular complexity index is 706. The van der Waals surface area contributed by atoms with Crippen LogP contribution in [0.3, 0.4) is 0 Å². The highest BCUT2D eigenvalue weighted by Crippen LogP contribution is 2.17. The molecule has 4 nitrogen and oxygen atoms in total. The number of nitrogens with zero attached hydrogens (tertiary/aromatic N) is 1. The summed E-state index contributed by atoms with van der Waals surface area (Å²) in [5, 5.41) is 15.7. The van der Waals surface area contributed by atoms with Gasteiger partial charge in [0.25, 0.3) is 0 Å². The summed E-state index contributed by atoms with van der Waals surface area (Å²) >= 11 is 0. The summed E-state index contributed by atoms with van der Waals surface area (Å²) in [6, 6.07) is 12.6. The van der Waals surface area contributed by atoms with E-state index in [4.69, 9.17) is 0 Å². The van der Waals surface area contributed by atoms with Crippen molar-refractivity contribution in [1.82, 2.24) is 10.6 Å². The highest BCUT2D eigenvalue weighted by molar-refractivity contribution is 14.0. The number of hydrogen-bond acceptors (Lipinski definition) is 2. The van der Waals surface area contributed by atoms with Gasteiger partial charge in [0.15, 0.2) is 17.5 Å². The van der Waals surface area contributed by atoms with Gasteiger partial charge in [0.1, 0.15) is 0 Å². The van der Waals surface area contributed by atoms with E-state index in [1.165, 1.54) is 23.3 Å². The summed E-state index contributed by atoms with van der Waals surface area (Å²) in [5.74, 6) is -0.334. The maximum atomic E-state index is 13.3. The predicted octanol–water partition coefficient (Wildman–Crippen LogP) is 3.88. The normalized spacial score (nSPS) is 12.2. The monoisotopic (exact) mass is 443 g/mol. The number of benzene rings is 2. The van der Waals surface area contributed by atoms with Crippen LogP contribution in [0.15, 0.2) is 47.5 Å². The van der Waals surface area contributed by atoms with E-state index in [0.29, 0.717) is 12.5 Å². The Kier molecular flexibility index (Phi) is 7.97. The zero-order chi connectivity index (χ0) is 16.8. The Balaban J connectivity index is 0.00000288. The topological polar surface area (TPSA) is 56.7 Å². The van der Waals surface area contributed by atoms with Crippen LogP contribution in [0.2, 0.25) is 0 Å². The van der Waals surface area contributed by atoms with Gasteiger partial charge in [-0.1, -0.05) is 30.3 Å². The molecule has 0 radical (unpaired) electrons. The summed E-state index contributed by atoms with van der Waals surface area (Å²) < 4.78 is 13.3. The van der Waals surface area contributed by atoms with Crippen LogP contribution < -0.4 is 10.6 Å². The van der Waals surface area contributed by atoms with Gasteiger partial charge in [0, 0.05) is 13.6 Å². The third kappa shape index (κ3) is 5.36. The molecule has 1 atom stereocenters. The Morgan fingerprint density at radius 1 is 1.25 bits per heavy atom. The molecular weight excluding hydrogens is 420 g/mol. The quantitative estimate of drug-likeness (QED) is 0.382. The first-order valence-corrected chi connectivity index (χ1v) is 7.51. The standard InChI is InChI=1S/C18H22FN3O.HI/c1-12-6-4-5-7-15(12)13(2)22-18(20-3)21-11-14-8-9-17(23)16(19)10-14;/h4-10,13,23H,11H2,1-3H3,(H2,20,21,22);1H. The van der Waals surface area contributed by atoms with Gasteiger partial charge in [-0.15, -0.1) is 24.0 Å². The largest absolute Gasteiger partial charge is 0.505 e. The number of aryl methyl sites for hydroxylation is 1. The number of aromatic hydroxyl groups is 1. The lowest BCUT2D eigenvalue weighted by molar-refractivity contribution is 0.431. The van der Waals surface area contributed by atoms with Gasteiger partial charge < -0.3 is 15.7 Å². The second-order valence-corrected chi connectivity index (χ2v) is 5.43. The molecule has 0 heterocycles. The van der Waals surface area contributed by atoms with Crippen LogP contribution in [0.4, 0.5) is 4.39 Å². The third-order valence-corrected chi connectivity index (χ3v) is 3.70. The van der Waals surface area contributed by atoms with Crippen LogP contribution in [0.5, 0.6) is 5.75 Å². The summed E-state index contributed by atoms with van der Waals surface area (Å²) in [6.45, 7) is 4.55. The van der Waals surface area contributed by atoms with E-state index in [2.05, 4.69) is 41.6 Å². The van der Waals surface area contributed by atoms with Gasteiger partial charge in [-0.3, -0.25) is 4.99 Å². The maximum absolute atomic E-state index is 13.3. The van der Waals surface area contributed by atoms with Crippen LogP contribution in [0.25, 0.3) is 0 Å². The minimum absolute atomic E-state index is 0. The van der Waals surface area contributed by atoms with Gasteiger partial charge in [-0.25, -0.2) is 4.39 Å². The first-order chi connectivity index (χ1) is 11.0. The third-order valence-electron chi connectivity index (χ3n) is 3.70. The molecule has 0 saturated heterocycles. The van der Waals surface area contributed by atoms with E-state index in [9.17, 15) is 9.50 Å². The molecule has 0 aliphatic heterocycles. The molecular formula is C18H23FIN3O. The fourth-order valence-corrected chi connectivity index (χ4v) is 2.40. The lowest BCUT2D eigenvalue weighted by atomic mass is 10.0. The van der Waals surface area contributed by atoms with E-state index < -0.39 is 5.82 Å². The Hall–Kier alpha value is -1.83. The smallest absolute Gasteiger partial charge is 0.191 e.